The maximum Gasteiger partial charge on any atom is 0.189 e. The first-order chi connectivity index (χ1) is 15.7. The van der Waals surface area contributed by atoms with Gasteiger partial charge in [0.1, 0.15) is 12.4 Å². The second-order valence-corrected chi connectivity index (χ2v) is 8.95. The molecule has 2 heterocycles. The van der Waals surface area contributed by atoms with Crippen molar-refractivity contribution < 1.29 is 14.0 Å². The van der Waals surface area contributed by atoms with Gasteiger partial charge in [0.2, 0.25) is 0 Å². The number of anilines is 2. The highest BCUT2D eigenvalue weighted by atomic mass is 32.2. The minimum atomic E-state index is -0.441. The second-order valence-electron chi connectivity index (χ2n) is 7.83. The Bertz CT molecular complexity index is 958. The number of nitrogens with zero attached hydrogens (tertiary/aromatic N) is 4. The van der Waals surface area contributed by atoms with Gasteiger partial charge in [-0.15, -0.1) is 0 Å². The molecule has 172 valence electrons. The summed E-state index contributed by atoms with van der Waals surface area (Å²) in [7, 11) is 0. The average Bonchev–Trinajstić information content (AvgIpc) is 3.43. The number of ether oxygens (including phenoxy) is 1. The topological polar surface area (TPSA) is 76.2 Å². The molecule has 1 aliphatic carbocycles. The van der Waals surface area contributed by atoms with Crippen LogP contribution in [0.15, 0.2) is 35.6 Å². The van der Waals surface area contributed by atoms with Gasteiger partial charge < -0.3 is 15.3 Å². The first-order valence-corrected chi connectivity index (χ1v) is 11.9. The Hall–Kier alpha value is -2.52. The van der Waals surface area contributed by atoms with Crippen LogP contribution in [-0.2, 0) is 11.3 Å². The molecule has 0 radical (unpaired) electrons. The van der Waals surface area contributed by atoms with Gasteiger partial charge in [0.25, 0.3) is 0 Å². The summed E-state index contributed by atoms with van der Waals surface area (Å²) < 4.78 is 24.3. The maximum atomic E-state index is 14.2. The summed E-state index contributed by atoms with van der Waals surface area (Å²) in [6.07, 6.45) is 6.62. The van der Waals surface area contributed by atoms with Crippen LogP contribution < -0.4 is 14.8 Å². The van der Waals surface area contributed by atoms with Crippen LogP contribution in [0.1, 0.15) is 43.7 Å². The monoisotopic (exact) mass is 459 g/mol. The summed E-state index contributed by atoms with van der Waals surface area (Å²) >= 11 is 1.56. The molecule has 9 heteroatoms. The lowest BCUT2D eigenvalue weighted by Crippen LogP contribution is -2.14. The van der Waals surface area contributed by atoms with Crippen LogP contribution in [0.4, 0.5) is 15.9 Å². The van der Waals surface area contributed by atoms with Gasteiger partial charge >= 0.3 is 0 Å². The molecular formula is C23H30FN5O2S. The highest BCUT2D eigenvalue weighted by molar-refractivity contribution is 7.98. The summed E-state index contributed by atoms with van der Waals surface area (Å²) in [5.41, 5.74) is 9.58. The van der Waals surface area contributed by atoms with Crippen molar-refractivity contribution in [1.82, 2.24) is 9.29 Å². The van der Waals surface area contributed by atoms with Crippen molar-refractivity contribution in [2.24, 2.45) is 5.16 Å². The van der Waals surface area contributed by atoms with Crippen molar-refractivity contribution in [2.75, 3.05) is 42.9 Å². The Balaban J connectivity index is 1.14. The van der Waals surface area contributed by atoms with Crippen molar-refractivity contribution in [3.8, 4) is 5.75 Å². The van der Waals surface area contributed by atoms with Crippen LogP contribution in [0.2, 0.25) is 0 Å². The van der Waals surface area contributed by atoms with Gasteiger partial charge in [-0.25, -0.2) is 13.7 Å². The molecule has 0 saturated carbocycles. The lowest BCUT2D eigenvalue weighted by Gasteiger charge is -2.18. The molecule has 1 fully saturated rings. The van der Waals surface area contributed by atoms with Gasteiger partial charge in [0.15, 0.2) is 11.6 Å². The zero-order valence-corrected chi connectivity index (χ0v) is 19.2. The van der Waals surface area contributed by atoms with E-state index in [1.54, 1.807) is 24.4 Å². The van der Waals surface area contributed by atoms with Crippen molar-refractivity contribution in [1.29, 1.82) is 0 Å². The van der Waals surface area contributed by atoms with Crippen LogP contribution in [0.3, 0.4) is 0 Å². The van der Waals surface area contributed by atoms with E-state index >= 15 is 0 Å². The number of fused-ring (bicyclic) bond motifs is 1. The Morgan fingerprint density at radius 3 is 2.97 bits per heavy atom. The molecule has 4 rings (SSSR count). The van der Waals surface area contributed by atoms with E-state index in [1.807, 2.05) is 17.3 Å². The molecule has 0 amide bonds. The lowest BCUT2D eigenvalue weighted by molar-refractivity contribution is 0.158. The third-order valence-corrected chi connectivity index (χ3v) is 6.75. The van der Waals surface area contributed by atoms with Crippen LogP contribution in [-0.4, -0.2) is 47.8 Å². The predicted molar refractivity (Wildman–Crippen MR) is 127 cm³/mol. The fraction of sp³-hybridized carbons (Fsp3) is 0.478. The number of nitrogens with two attached hydrogens (primary N) is 1. The van der Waals surface area contributed by atoms with E-state index in [0.29, 0.717) is 18.9 Å². The molecule has 7 nitrogen and oxygen atoms in total. The predicted octanol–water partition coefficient (Wildman–Crippen LogP) is 4.42. The molecule has 2 aliphatic rings. The summed E-state index contributed by atoms with van der Waals surface area (Å²) in [5.74, 6) is 0.429. The molecule has 0 spiro atoms. The molecule has 1 aromatic carbocycles. The largest absolute Gasteiger partial charge is 0.494 e. The SMILES string of the molecule is CCO/N=C1\CCc2cc(OCCCCCN3CCN(c4ccnc(N)c4F)S3)ccc21. The number of pyridine rings is 1. The van der Waals surface area contributed by atoms with Crippen LogP contribution in [0, 0.1) is 5.82 Å². The standard InChI is InChI=1S/C23H30FN5O2S/c1-2-31-27-20-9-6-17-16-18(7-8-19(17)20)30-15-5-3-4-12-28-13-14-29(32-28)21-10-11-26-23(25)22(21)24/h7-8,10-11,16H,2-6,9,12-15H2,1H3,(H2,25,26)/b27-20+. The first-order valence-electron chi connectivity index (χ1n) is 11.2. The third kappa shape index (κ3) is 5.45. The fourth-order valence-corrected chi connectivity index (χ4v) is 4.96. The van der Waals surface area contributed by atoms with Crippen LogP contribution >= 0.6 is 12.1 Å². The average molecular weight is 460 g/mol. The van der Waals surface area contributed by atoms with Crippen molar-refractivity contribution in [3.05, 3.63) is 47.4 Å². The minimum absolute atomic E-state index is 0.0518. The van der Waals surface area contributed by atoms with Gasteiger partial charge in [-0.05, 0) is 68.9 Å². The van der Waals surface area contributed by atoms with Crippen molar-refractivity contribution in [3.63, 3.8) is 0 Å². The molecule has 1 aliphatic heterocycles. The van der Waals surface area contributed by atoms with E-state index in [1.165, 1.54) is 11.1 Å². The highest BCUT2D eigenvalue weighted by Gasteiger charge is 2.24. The van der Waals surface area contributed by atoms with Crippen LogP contribution in [0.25, 0.3) is 0 Å². The number of hydrogen-bond donors (Lipinski definition) is 1. The maximum absolute atomic E-state index is 14.2. The van der Waals surface area contributed by atoms with E-state index in [-0.39, 0.29) is 5.82 Å². The van der Waals surface area contributed by atoms with Gasteiger partial charge in [-0.1, -0.05) is 5.16 Å². The molecule has 0 unspecified atom stereocenters. The molecule has 0 bridgehead atoms. The first kappa shape index (κ1) is 22.7. The number of rotatable bonds is 10. The fourth-order valence-electron chi connectivity index (χ4n) is 3.91. The Kier molecular flexibility index (Phi) is 7.70. The number of oxime groups is 1. The Morgan fingerprint density at radius 2 is 2.09 bits per heavy atom. The van der Waals surface area contributed by atoms with Gasteiger partial charge in [-0.3, -0.25) is 4.31 Å². The van der Waals surface area contributed by atoms with Crippen molar-refractivity contribution in [2.45, 2.75) is 39.0 Å². The summed E-state index contributed by atoms with van der Waals surface area (Å²) in [4.78, 5) is 9.00. The number of halogens is 1. The molecule has 1 aromatic heterocycles. The molecular weight excluding hydrogens is 429 g/mol. The van der Waals surface area contributed by atoms with E-state index in [4.69, 9.17) is 15.3 Å². The van der Waals surface area contributed by atoms with E-state index in [0.717, 1.165) is 63.2 Å². The van der Waals surface area contributed by atoms with Gasteiger partial charge in [0.05, 0.1) is 18.0 Å². The lowest BCUT2D eigenvalue weighted by atomic mass is 10.1. The Morgan fingerprint density at radius 1 is 1.19 bits per heavy atom. The van der Waals surface area contributed by atoms with Gasteiger partial charge in [0, 0.05) is 43.5 Å². The summed E-state index contributed by atoms with van der Waals surface area (Å²) in [6.45, 7) is 5.86. The molecule has 1 saturated heterocycles. The van der Waals surface area contributed by atoms with Crippen molar-refractivity contribution >= 4 is 29.4 Å². The third-order valence-electron chi connectivity index (χ3n) is 5.57. The normalized spacial score (nSPS) is 17.2. The zero-order chi connectivity index (χ0) is 22.3. The molecule has 2 N–H and O–H groups in total. The highest BCUT2D eigenvalue weighted by Crippen LogP contribution is 2.33. The summed E-state index contributed by atoms with van der Waals surface area (Å²) in [6, 6.07) is 7.91. The van der Waals surface area contributed by atoms with E-state index < -0.39 is 5.82 Å². The number of benzene rings is 1. The Labute approximate surface area is 193 Å². The number of unbranched alkanes of at least 4 members (excludes halogenated alkanes) is 2. The van der Waals surface area contributed by atoms with Crippen LogP contribution in [0.5, 0.6) is 5.75 Å². The van der Waals surface area contributed by atoms with E-state index in [2.05, 4.69) is 26.6 Å². The van der Waals surface area contributed by atoms with Gasteiger partial charge in [-0.2, -0.15) is 0 Å². The minimum Gasteiger partial charge on any atom is -0.494 e. The number of nitrogen functional groups attached to an aromatic ring is 1. The summed E-state index contributed by atoms with van der Waals surface area (Å²) in [5, 5.41) is 4.21. The molecule has 0 atom stereocenters. The number of hydrogen-bond acceptors (Lipinski definition) is 8. The van der Waals surface area contributed by atoms with E-state index in [9.17, 15) is 4.39 Å². The number of aryl methyl sites for hydroxylation is 1. The smallest absolute Gasteiger partial charge is 0.189 e. The molecule has 32 heavy (non-hydrogen) atoms. The second kappa shape index (κ2) is 10.9. The zero-order valence-electron chi connectivity index (χ0n) is 18.4. The quantitative estimate of drug-likeness (QED) is 0.320. The molecule has 2 aromatic rings. The number of aromatic nitrogens is 1.